The van der Waals surface area contributed by atoms with E-state index in [2.05, 4.69) is 9.47 Å². The first-order valence-electron chi connectivity index (χ1n) is 7.97. The fraction of sp³-hybridized carbons (Fsp3) is 0.200. The van der Waals surface area contributed by atoms with E-state index in [0.29, 0.717) is 16.7 Å². The van der Waals surface area contributed by atoms with Gasteiger partial charge in [0.1, 0.15) is 6.10 Å². The van der Waals surface area contributed by atoms with Crippen molar-refractivity contribution in [3.05, 3.63) is 70.8 Å². The fourth-order valence-corrected chi connectivity index (χ4v) is 2.12. The zero-order valence-electron chi connectivity index (χ0n) is 15.5. The average molecular weight is 387 g/mol. The van der Waals surface area contributed by atoms with E-state index in [1.54, 1.807) is 0 Å². The van der Waals surface area contributed by atoms with Crippen molar-refractivity contribution in [3.63, 3.8) is 0 Å². The Labute approximate surface area is 161 Å². The van der Waals surface area contributed by atoms with Crippen LogP contribution in [-0.4, -0.2) is 43.0 Å². The van der Waals surface area contributed by atoms with Gasteiger partial charge in [-0.3, -0.25) is 4.79 Å². The van der Waals surface area contributed by atoms with E-state index in [9.17, 15) is 19.5 Å². The van der Waals surface area contributed by atoms with Crippen molar-refractivity contribution >= 4 is 23.7 Å². The van der Waals surface area contributed by atoms with Gasteiger partial charge in [0.15, 0.2) is 5.78 Å². The molecule has 8 heteroatoms. The molecule has 0 amide bonds. The van der Waals surface area contributed by atoms with Gasteiger partial charge in [0.25, 0.3) is 0 Å². The Morgan fingerprint density at radius 2 is 1.11 bits per heavy atom. The molecule has 0 aliphatic rings. The second-order valence-corrected chi connectivity index (χ2v) is 5.44. The van der Waals surface area contributed by atoms with Crippen molar-refractivity contribution < 1.29 is 38.9 Å². The Kier molecular flexibility index (Phi) is 8.51. The second kappa shape index (κ2) is 10.6. The lowest BCUT2D eigenvalue weighted by Crippen LogP contribution is -2.16. The highest BCUT2D eigenvalue weighted by Crippen LogP contribution is 2.20. The molecule has 8 nitrogen and oxygen atoms in total. The minimum Gasteiger partial charge on any atom is -0.550 e. The Hall–Kier alpha value is -3.52. The topological polar surface area (TPSA) is 130 Å². The van der Waals surface area contributed by atoms with Crippen LogP contribution in [0.15, 0.2) is 48.5 Å². The first kappa shape index (κ1) is 22.5. The third kappa shape index (κ3) is 6.33. The normalized spacial score (nSPS) is 10.7. The maximum Gasteiger partial charge on any atom is 0.337 e. The molecule has 0 heterocycles. The number of carboxylic acids is 1. The van der Waals surface area contributed by atoms with E-state index in [0.717, 1.165) is 6.92 Å². The van der Waals surface area contributed by atoms with Crippen molar-refractivity contribution in [2.24, 2.45) is 0 Å². The molecule has 0 aliphatic heterocycles. The SMILES string of the molecule is CC(=O)[O-].COC(=O)c1ccc(C(=O)C(O)c2ccc(C(=O)OC)cc2)cc1. The Morgan fingerprint density at radius 3 is 1.46 bits per heavy atom. The molecule has 28 heavy (non-hydrogen) atoms. The molecule has 0 aliphatic carbocycles. The summed E-state index contributed by atoms with van der Waals surface area (Å²) in [7, 11) is 2.54. The molecule has 1 N–H and O–H groups in total. The summed E-state index contributed by atoms with van der Waals surface area (Å²) in [5.74, 6) is -2.61. The molecular formula is C20H19O8-. The van der Waals surface area contributed by atoms with Gasteiger partial charge < -0.3 is 24.5 Å². The number of hydrogen-bond acceptors (Lipinski definition) is 8. The van der Waals surface area contributed by atoms with Gasteiger partial charge in [-0.05, 0) is 36.8 Å². The van der Waals surface area contributed by atoms with Crippen molar-refractivity contribution in [1.29, 1.82) is 0 Å². The van der Waals surface area contributed by atoms with Crippen LogP contribution in [0.2, 0.25) is 0 Å². The molecule has 2 rings (SSSR count). The van der Waals surface area contributed by atoms with Crippen LogP contribution in [0.25, 0.3) is 0 Å². The van der Waals surface area contributed by atoms with Gasteiger partial charge >= 0.3 is 11.9 Å². The molecule has 0 fully saturated rings. The zero-order chi connectivity index (χ0) is 21.3. The van der Waals surface area contributed by atoms with Gasteiger partial charge in [-0.25, -0.2) is 9.59 Å². The summed E-state index contributed by atoms with van der Waals surface area (Å²) in [6, 6.07) is 11.7. The smallest absolute Gasteiger partial charge is 0.337 e. The number of aliphatic carboxylic acids is 1. The summed E-state index contributed by atoms with van der Waals surface area (Å²) in [6.45, 7) is 0.972. The highest BCUT2D eigenvalue weighted by molar-refractivity contribution is 6.01. The number of Topliss-reactive ketones (excluding diaryl/α,β-unsaturated/α-hetero) is 1. The molecule has 148 valence electrons. The third-order valence-electron chi connectivity index (χ3n) is 3.49. The first-order valence-corrected chi connectivity index (χ1v) is 7.97. The molecule has 0 bridgehead atoms. The minimum absolute atomic E-state index is 0.257. The number of methoxy groups -OCH3 is 2. The highest BCUT2D eigenvalue weighted by atomic mass is 16.5. The van der Waals surface area contributed by atoms with E-state index >= 15 is 0 Å². The molecule has 1 atom stereocenters. The summed E-state index contributed by atoms with van der Waals surface area (Å²) < 4.78 is 9.17. The summed E-state index contributed by atoms with van der Waals surface area (Å²) in [4.78, 5) is 43.9. The number of carboxylic acid groups (broad SMARTS) is 1. The van der Waals surface area contributed by atoms with Crippen molar-refractivity contribution in [2.75, 3.05) is 14.2 Å². The van der Waals surface area contributed by atoms with Crippen LogP contribution in [0.5, 0.6) is 0 Å². The van der Waals surface area contributed by atoms with Gasteiger partial charge in [-0.2, -0.15) is 0 Å². The van der Waals surface area contributed by atoms with Gasteiger partial charge in [0.05, 0.1) is 25.3 Å². The van der Waals surface area contributed by atoms with Crippen LogP contribution in [-0.2, 0) is 14.3 Å². The largest absolute Gasteiger partial charge is 0.550 e. The lowest BCUT2D eigenvalue weighted by molar-refractivity contribution is -0.302. The molecule has 0 radical (unpaired) electrons. The molecule has 0 spiro atoms. The number of benzene rings is 2. The summed E-state index contributed by atoms with van der Waals surface area (Å²) in [5.41, 5.74) is 1.24. The van der Waals surface area contributed by atoms with E-state index in [4.69, 9.17) is 9.90 Å². The van der Waals surface area contributed by atoms with E-state index in [1.165, 1.54) is 62.8 Å². The molecule has 2 aromatic rings. The summed E-state index contributed by atoms with van der Waals surface area (Å²) in [5, 5.41) is 19.1. The van der Waals surface area contributed by atoms with Gasteiger partial charge in [0.2, 0.25) is 0 Å². The molecule has 0 saturated heterocycles. The number of rotatable bonds is 5. The van der Waals surface area contributed by atoms with Crippen molar-refractivity contribution in [2.45, 2.75) is 13.0 Å². The number of hydrogen-bond donors (Lipinski definition) is 1. The molecule has 1 unspecified atom stereocenters. The third-order valence-corrected chi connectivity index (χ3v) is 3.49. The lowest BCUT2D eigenvalue weighted by Gasteiger charge is -2.11. The summed E-state index contributed by atoms with van der Waals surface area (Å²) >= 11 is 0. The number of esters is 2. The molecule has 0 aromatic heterocycles. The van der Waals surface area contributed by atoms with Crippen molar-refractivity contribution in [1.82, 2.24) is 0 Å². The lowest BCUT2D eigenvalue weighted by atomic mass is 9.98. The predicted molar refractivity (Wildman–Crippen MR) is 95.5 cm³/mol. The van der Waals surface area contributed by atoms with Crippen LogP contribution >= 0.6 is 0 Å². The Bertz CT molecular complexity index is 834. The van der Waals surface area contributed by atoms with Crippen LogP contribution in [0.1, 0.15) is 49.7 Å². The zero-order valence-corrected chi connectivity index (χ0v) is 15.5. The fourth-order valence-electron chi connectivity index (χ4n) is 2.12. The minimum atomic E-state index is -1.37. The Morgan fingerprint density at radius 1 is 0.786 bits per heavy atom. The number of aliphatic hydroxyl groups is 1. The first-order chi connectivity index (χ1) is 13.2. The molecule has 2 aromatic carbocycles. The van der Waals surface area contributed by atoms with Crippen LogP contribution in [0.4, 0.5) is 0 Å². The van der Waals surface area contributed by atoms with Gasteiger partial charge in [0, 0.05) is 11.5 Å². The number of ketones is 1. The summed E-state index contributed by atoms with van der Waals surface area (Å²) in [6.07, 6.45) is -1.37. The number of ether oxygens (including phenoxy) is 2. The number of aliphatic hydroxyl groups excluding tert-OH is 1. The standard InChI is InChI=1S/C18H16O6.C2H4O2/c1-23-17(21)13-7-3-11(4-8-13)15(19)16(20)12-5-9-14(10-6-12)18(22)24-2;1-2(3)4/h3-10,15,19H,1-2H3;1H3,(H,3,4)/p-1. The van der Waals surface area contributed by atoms with E-state index in [1.807, 2.05) is 0 Å². The molecule has 0 saturated carbocycles. The Balaban J connectivity index is 0.000000892. The maximum atomic E-state index is 12.3. The van der Waals surface area contributed by atoms with Crippen LogP contribution < -0.4 is 5.11 Å². The second-order valence-electron chi connectivity index (χ2n) is 5.44. The van der Waals surface area contributed by atoms with E-state index < -0.39 is 29.8 Å². The van der Waals surface area contributed by atoms with Crippen LogP contribution in [0, 0.1) is 0 Å². The monoisotopic (exact) mass is 387 g/mol. The highest BCUT2D eigenvalue weighted by Gasteiger charge is 2.20. The maximum absolute atomic E-state index is 12.3. The number of carbonyl (C=O) groups is 4. The van der Waals surface area contributed by atoms with Crippen LogP contribution in [0.3, 0.4) is 0 Å². The number of carbonyl (C=O) groups excluding carboxylic acids is 4. The average Bonchev–Trinajstić information content (AvgIpc) is 2.71. The molecular weight excluding hydrogens is 368 g/mol. The predicted octanol–water partition coefficient (Wildman–Crippen LogP) is 0.932. The van der Waals surface area contributed by atoms with Gasteiger partial charge in [-0.1, -0.05) is 24.3 Å². The van der Waals surface area contributed by atoms with E-state index in [-0.39, 0.29) is 5.56 Å². The van der Waals surface area contributed by atoms with Gasteiger partial charge in [-0.15, -0.1) is 0 Å². The quantitative estimate of drug-likeness (QED) is 0.592. The van der Waals surface area contributed by atoms with Crippen molar-refractivity contribution in [3.8, 4) is 0 Å².